The number of nitro groups is 1. The van der Waals surface area contributed by atoms with Crippen molar-refractivity contribution in [1.82, 2.24) is 9.97 Å². The zero-order valence-corrected chi connectivity index (χ0v) is 10.5. The number of anilines is 1. The standard InChI is InChI=1S/C13H14N4O2/c1-2-8-15-12-7-6-11(17(18)19)13(16-12)10-5-3-4-9-14-10/h3-7,9H,2,8H2,1H3,(H,15,16). The Hall–Kier alpha value is -2.50. The van der Waals surface area contributed by atoms with Gasteiger partial charge in [-0.25, -0.2) is 4.98 Å². The van der Waals surface area contributed by atoms with Crippen LogP contribution >= 0.6 is 0 Å². The molecule has 0 aromatic carbocycles. The molecule has 0 unspecified atom stereocenters. The molecular formula is C13H14N4O2. The summed E-state index contributed by atoms with van der Waals surface area (Å²) in [6.45, 7) is 2.81. The number of nitrogens with one attached hydrogen (secondary N) is 1. The van der Waals surface area contributed by atoms with E-state index in [9.17, 15) is 10.1 Å². The van der Waals surface area contributed by atoms with Crippen LogP contribution in [-0.4, -0.2) is 21.4 Å². The SMILES string of the molecule is CCCNc1ccc([N+](=O)[O-])c(-c2ccccn2)n1. The fourth-order valence-electron chi connectivity index (χ4n) is 1.64. The summed E-state index contributed by atoms with van der Waals surface area (Å²) in [5, 5.41) is 14.1. The summed E-state index contributed by atoms with van der Waals surface area (Å²) >= 11 is 0. The van der Waals surface area contributed by atoms with E-state index >= 15 is 0 Å². The van der Waals surface area contributed by atoms with Crippen molar-refractivity contribution in [2.24, 2.45) is 0 Å². The predicted molar refractivity (Wildman–Crippen MR) is 72.9 cm³/mol. The molecule has 0 aliphatic carbocycles. The molecule has 0 bridgehead atoms. The van der Waals surface area contributed by atoms with E-state index < -0.39 is 4.92 Å². The molecule has 2 aromatic rings. The van der Waals surface area contributed by atoms with Crippen molar-refractivity contribution in [2.45, 2.75) is 13.3 Å². The second-order valence-corrected chi connectivity index (χ2v) is 3.96. The van der Waals surface area contributed by atoms with Crippen molar-refractivity contribution >= 4 is 11.5 Å². The Balaban J connectivity index is 2.45. The van der Waals surface area contributed by atoms with E-state index in [-0.39, 0.29) is 11.4 Å². The third-order valence-corrected chi connectivity index (χ3v) is 2.53. The molecule has 0 amide bonds. The van der Waals surface area contributed by atoms with Gasteiger partial charge >= 0.3 is 0 Å². The molecule has 0 radical (unpaired) electrons. The van der Waals surface area contributed by atoms with E-state index in [1.165, 1.54) is 6.07 Å². The summed E-state index contributed by atoms with van der Waals surface area (Å²) in [5.74, 6) is 0.619. The molecule has 19 heavy (non-hydrogen) atoms. The van der Waals surface area contributed by atoms with E-state index in [0.29, 0.717) is 11.5 Å². The minimum atomic E-state index is -0.444. The quantitative estimate of drug-likeness (QED) is 0.658. The highest BCUT2D eigenvalue weighted by Gasteiger charge is 2.18. The highest BCUT2D eigenvalue weighted by molar-refractivity contribution is 5.68. The fraction of sp³-hybridized carbons (Fsp3) is 0.231. The van der Waals surface area contributed by atoms with Gasteiger partial charge in [0.25, 0.3) is 5.69 Å². The van der Waals surface area contributed by atoms with Crippen LogP contribution in [0.2, 0.25) is 0 Å². The van der Waals surface area contributed by atoms with Crippen LogP contribution in [-0.2, 0) is 0 Å². The summed E-state index contributed by atoms with van der Waals surface area (Å²) in [4.78, 5) is 19.0. The molecule has 0 fully saturated rings. The smallest absolute Gasteiger partial charge is 0.297 e. The minimum absolute atomic E-state index is 0.0410. The van der Waals surface area contributed by atoms with Crippen LogP contribution in [0, 0.1) is 10.1 Å². The Labute approximate surface area is 110 Å². The average Bonchev–Trinajstić information content (AvgIpc) is 2.45. The zero-order chi connectivity index (χ0) is 13.7. The molecular weight excluding hydrogens is 244 g/mol. The molecule has 98 valence electrons. The van der Waals surface area contributed by atoms with Crippen LogP contribution in [0.4, 0.5) is 11.5 Å². The van der Waals surface area contributed by atoms with Crippen LogP contribution in [0.5, 0.6) is 0 Å². The van der Waals surface area contributed by atoms with Crippen LogP contribution in [0.3, 0.4) is 0 Å². The molecule has 2 heterocycles. The third-order valence-electron chi connectivity index (χ3n) is 2.53. The van der Waals surface area contributed by atoms with Gasteiger partial charge in [-0.15, -0.1) is 0 Å². The van der Waals surface area contributed by atoms with Gasteiger partial charge in [0.1, 0.15) is 5.82 Å². The fourth-order valence-corrected chi connectivity index (χ4v) is 1.64. The van der Waals surface area contributed by atoms with Crippen molar-refractivity contribution in [2.75, 3.05) is 11.9 Å². The number of hydrogen-bond donors (Lipinski definition) is 1. The van der Waals surface area contributed by atoms with E-state index in [4.69, 9.17) is 0 Å². The number of hydrogen-bond acceptors (Lipinski definition) is 5. The van der Waals surface area contributed by atoms with Gasteiger partial charge in [-0.05, 0) is 24.6 Å². The summed E-state index contributed by atoms with van der Waals surface area (Å²) in [5.41, 5.74) is 0.738. The second-order valence-electron chi connectivity index (χ2n) is 3.96. The number of nitrogens with zero attached hydrogens (tertiary/aromatic N) is 3. The van der Waals surface area contributed by atoms with Crippen LogP contribution < -0.4 is 5.32 Å². The summed E-state index contributed by atoms with van der Waals surface area (Å²) in [6.07, 6.45) is 2.55. The first kappa shape index (κ1) is 12.9. The molecule has 0 aliphatic heterocycles. The van der Waals surface area contributed by atoms with Gasteiger partial charge in [-0.2, -0.15) is 0 Å². The lowest BCUT2D eigenvalue weighted by Gasteiger charge is -2.06. The van der Waals surface area contributed by atoms with Crippen molar-refractivity contribution in [3.05, 3.63) is 46.6 Å². The maximum Gasteiger partial charge on any atom is 0.297 e. The number of aromatic nitrogens is 2. The van der Waals surface area contributed by atoms with Crippen molar-refractivity contribution < 1.29 is 4.92 Å². The van der Waals surface area contributed by atoms with E-state index in [2.05, 4.69) is 15.3 Å². The molecule has 0 aliphatic rings. The Bertz CT molecular complexity index is 572. The van der Waals surface area contributed by atoms with Gasteiger partial charge in [0.05, 0.1) is 10.6 Å². The van der Waals surface area contributed by atoms with E-state index in [1.807, 2.05) is 6.92 Å². The van der Waals surface area contributed by atoms with Crippen molar-refractivity contribution in [1.29, 1.82) is 0 Å². The van der Waals surface area contributed by atoms with Gasteiger partial charge in [-0.3, -0.25) is 15.1 Å². The molecule has 0 atom stereocenters. The van der Waals surface area contributed by atoms with Gasteiger partial charge in [0, 0.05) is 18.8 Å². The normalized spacial score (nSPS) is 10.2. The van der Waals surface area contributed by atoms with Gasteiger partial charge in [0.2, 0.25) is 0 Å². The monoisotopic (exact) mass is 258 g/mol. The lowest BCUT2D eigenvalue weighted by molar-refractivity contribution is -0.384. The minimum Gasteiger partial charge on any atom is -0.370 e. The third kappa shape index (κ3) is 3.04. The van der Waals surface area contributed by atoms with Gasteiger partial charge in [0.15, 0.2) is 5.69 Å². The Kier molecular flexibility index (Phi) is 4.02. The van der Waals surface area contributed by atoms with E-state index in [0.717, 1.165) is 13.0 Å². The zero-order valence-electron chi connectivity index (χ0n) is 10.5. The maximum absolute atomic E-state index is 11.0. The van der Waals surface area contributed by atoms with Gasteiger partial charge in [-0.1, -0.05) is 13.0 Å². The number of pyridine rings is 2. The summed E-state index contributed by atoms with van der Waals surface area (Å²) in [7, 11) is 0. The van der Waals surface area contributed by atoms with Crippen LogP contribution in [0.15, 0.2) is 36.5 Å². The second kappa shape index (κ2) is 5.90. The highest BCUT2D eigenvalue weighted by Crippen LogP contribution is 2.27. The Morgan fingerprint density at radius 3 is 2.79 bits per heavy atom. The lowest BCUT2D eigenvalue weighted by Crippen LogP contribution is -2.04. The molecule has 2 rings (SSSR count). The molecule has 0 spiro atoms. The first-order chi connectivity index (χ1) is 9.22. The Morgan fingerprint density at radius 1 is 1.32 bits per heavy atom. The van der Waals surface area contributed by atoms with Crippen molar-refractivity contribution in [3.63, 3.8) is 0 Å². The molecule has 6 heteroatoms. The molecule has 2 aromatic heterocycles. The Morgan fingerprint density at radius 2 is 2.16 bits per heavy atom. The van der Waals surface area contributed by atoms with Crippen molar-refractivity contribution in [3.8, 4) is 11.4 Å². The average molecular weight is 258 g/mol. The lowest BCUT2D eigenvalue weighted by atomic mass is 10.2. The highest BCUT2D eigenvalue weighted by atomic mass is 16.6. The van der Waals surface area contributed by atoms with Gasteiger partial charge < -0.3 is 5.32 Å². The van der Waals surface area contributed by atoms with E-state index in [1.54, 1.807) is 30.5 Å². The molecule has 0 saturated carbocycles. The van der Waals surface area contributed by atoms with Crippen LogP contribution in [0.1, 0.15) is 13.3 Å². The first-order valence-electron chi connectivity index (χ1n) is 6.03. The predicted octanol–water partition coefficient (Wildman–Crippen LogP) is 2.87. The first-order valence-corrected chi connectivity index (χ1v) is 6.03. The largest absolute Gasteiger partial charge is 0.370 e. The summed E-state index contributed by atoms with van der Waals surface area (Å²) in [6, 6.07) is 8.31. The molecule has 0 saturated heterocycles. The van der Waals surface area contributed by atoms with Crippen LogP contribution in [0.25, 0.3) is 11.4 Å². The topological polar surface area (TPSA) is 81.0 Å². The number of rotatable bonds is 5. The molecule has 1 N–H and O–H groups in total. The summed E-state index contributed by atoms with van der Waals surface area (Å²) < 4.78 is 0. The maximum atomic E-state index is 11.0. The molecule has 6 nitrogen and oxygen atoms in total.